The predicted molar refractivity (Wildman–Crippen MR) is 137 cm³/mol. The number of Topliss-reactive ketones (excluding diaryl/α,β-unsaturated/α-hetero) is 1. The summed E-state index contributed by atoms with van der Waals surface area (Å²) in [5, 5.41) is 12.6. The van der Waals surface area contributed by atoms with E-state index in [9.17, 15) is 14.7 Å². The Labute approximate surface area is 209 Å². The molecule has 0 radical (unpaired) electrons. The molecule has 0 aliphatic carbocycles. The van der Waals surface area contributed by atoms with Crippen LogP contribution in [0.15, 0.2) is 72.3 Å². The monoisotopic (exact) mass is 508 g/mol. The number of carbonyl (C=O) groups excluding carboxylic acids is 2. The van der Waals surface area contributed by atoms with E-state index in [0.717, 1.165) is 22.2 Å². The van der Waals surface area contributed by atoms with Crippen molar-refractivity contribution in [2.75, 3.05) is 4.90 Å². The first-order valence-electron chi connectivity index (χ1n) is 10.6. The minimum Gasteiger partial charge on any atom is -0.507 e. The van der Waals surface area contributed by atoms with Crippen molar-refractivity contribution in [3.63, 3.8) is 0 Å². The number of anilines is 1. The van der Waals surface area contributed by atoms with E-state index in [4.69, 9.17) is 23.2 Å². The molecule has 0 bridgehead atoms. The number of halogens is 2. The van der Waals surface area contributed by atoms with Gasteiger partial charge in [0, 0.05) is 15.6 Å². The fraction of sp³-hybridized carbons (Fsp3) is 0.115. The van der Waals surface area contributed by atoms with Crippen LogP contribution in [0.4, 0.5) is 5.13 Å². The molecule has 1 aliphatic heterocycles. The van der Waals surface area contributed by atoms with Gasteiger partial charge in [-0.25, -0.2) is 4.98 Å². The molecule has 5 nitrogen and oxygen atoms in total. The number of aromatic nitrogens is 1. The zero-order chi connectivity index (χ0) is 24.0. The van der Waals surface area contributed by atoms with Crippen molar-refractivity contribution in [1.82, 2.24) is 4.98 Å². The highest BCUT2D eigenvalue weighted by Gasteiger charge is 2.48. The number of aliphatic hydroxyl groups is 1. The van der Waals surface area contributed by atoms with E-state index in [2.05, 4.69) is 11.9 Å². The van der Waals surface area contributed by atoms with Gasteiger partial charge < -0.3 is 5.11 Å². The Kier molecular flexibility index (Phi) is 5.90. The standard InChI is InChI=1S/C26H18Cl2N2O3S/c1-2-14-3-12-19-20(13-14)34-26(29-19)30-22(15-4-8-17(27)9-5-15)21(24(32)25(30)33)23(31)16-6-10-18(28)11-7-16/h3-13,22,31H,2H2,1H3/b23-21+/t22-/m1/s1. The molecule has 1 fully saturated rings. The molecule has 1 saturated heterocycles. The molecule has 0 saturated carbocycles. The molecular weight excluding hydrogens is 491 g/mol. The lowest BCUT2D eigenvalue weighted by molar-refractivity contribution is -0.132. The summed E-state index contributed by atoms with van der Waals surface area (Å²) in [6, 6.07) is 18.4. The second kappa shape index (κ2) is 8.87. The average Bonchev–Trinajstić information content (AvgIpc) is 3.37. The van der Waals surface area contributed by atoms with E-state index in [-0.39, 0.29) is 11.3 Å². The summed E-state index contributed by atoms with van der Waals surface area (Å²) >= 11 is 13.4. The van der Waals surface area contributed by atoms with Gasteiger partial charge in [0.25, 0.3) is 5.78 Å². The van der Waals surface area contributed by atoms with Crippen LogP contribution in [0.2, 0.25) is 10.0 Å². The summed E-state index contributed by atoms with van der Waals surface area (Å²) in [5.41, 5.74) is 2.91. The molecule has 4 aromatic rings. The third kappa shape index (κ3) is 3.88. The van der Waals surface area contributed by atoms with E-state index >= 15 is 0 Å². The predicted octanol–water partition coefficient (Wildman–Crippen LogP) is 6.79. The average molecular weight is 509 g/mol. The molecule has 1 amide bonds. The highest BCUT2D eigenvalue weighted by atomic mass is 35.5. The number of rotatable bonds is 4. The van der Waals surface area contributed by atoms with Crippen LogP contribution in [0.5, 0.6) is 0 Å². The molecule has 5 rings (SSSR count). The lowest BCUT2D eigenvalue weighted by Crippen LogP contribution is -2.29. The minimum absolute atomic E-state index is 0.0110. The quantitative estimate of drug-likeness (QED) is 0.187. The molecule has 2 heterocycles. The van der Waals surface area contributed by atoms with Crippen molar-refractivity contribution in [3.8, 4) is 0 Å². The molecule has 3 aromatic carbocycles. The van der Waals surface area contributed by atoms with Crippen molar-refractivity contribution in [2.24, 2.45) is 0 Å². The molecule has 1 aromatic heterocycles. The molecule has 34 heavy (non-hydrogen) atoms. The van der Waals surface area contributed by atoms with Crippen LogP contribution in [-0.4, -0.2) is 21.8 Å². The molecule has 1 aliphatic rings. The van der Waals surface area contributed by atoms with E-state index in [1.807, 2.05) is 18.2 Å². The van der Waals surface area contributed by atoms with E-state index in [1.54, 1.807) is 48.5 Å². The van der Waals surface area contributed by atoms with Crippen molar-refractivity contribution in [2.45, 2.75) is 19.4 Å². The zero-order valence-corrected chi connectivity index (χ0v) is 20.3. The first kappa shape index (κ1) is 22.6. The number of aryl methyl sites for hydroxylation is 1. The largest absolute Gasteiger partial charge is 0.507 e. The van der Waals surface area contributed by atoms with Gasteiger partial charge in [-0.3, -0.25) is 14.5 Å². The minimum atomic E-state index is -0.862. The van der Waals surface area contributed by atoms with Crippen molar-refractivity contribution in [3.05, 3.63) is 99.0 Å². The van der Waals surface area contributed by atoms with Gasteiger partial charge in [0.05, 0.1) is 21.8 Å². The van der Waals surface area contributed by atoms with Gasteiger partial charge in [0.2, 0.25) is 0 Å². The maximum atomic E-state index is 13.3. The SMILES string of the molecule is CCc1ccc2nc(N3C(=O)C(=O)/C(=C(/O)c4ccc(Cl)cc4)[C@H]3c3ccc(Cl)cc3)sc2c1. The molecule has 8 heteroatoms. The number of benzene rings is 3. The van der Waals surface area contributed by atoms with Gasteiger partial charge in [-0.2, -0.15) is 0 Å². The third-order valence-electron chi connectivity index (χ3n) is 5.80. The lowest BCUT2D eigenvalue weighted by Gasteiger charge is -2.23. The normalized spacial score (nSPS) is 17.6. The second-order valence-electron chi connectivity index (χ2n) is 7.88. The number of aliphatic hydroxyl groups excluding tert-OH is 1. The van der Waals surface area contributed by atoms with Gasteiger partial charge in [-0.05, 0) is 66.1 Å². The maximum absolute atomic E-state index is 13.3. The number of ketones is 1. The molecule has 0 unspecified atom stereocenters. The Balaban J connectivity index is 1.71. The molecule has 170 valence electrons. The summed E-state index contributed by atoms with van der Waals surface area (Å²) in [6.45, 7) is 2.07. The molecule has 1 atom stereocenters. The summed E-state index contributed by atoms with van der Waals surface area (Å²) in [7, 11) is 0. The number of fused-ring (bicyclic) bond motifs is 1. The lowest BCUT2D eigenvalue weighted by atomic mass is 9.95. The van der Waals surface area contributed by atoms with Crippen LogP contribution in [-0.2, 0) is 16.0 Å². The van der Waals surface area contributed by atoms with Crippen molar-refractivity contribution >= 4 is 67.3 Å². The van der Waals surface area contributed by atoms with E-state index < -0.39 is 17.7 Å². The van der Waals surface area contributed by atoms with Gasteiger partial charge in [-0.15, -0.1) is 0 Å². The summed E-state index contributed by atoms with van der Waals surface area (Å²) in [5.74, 6) is -1.79. The molecular formula is C26H18Cl2N2O3S. The van der Waals surface area contributed by atoms with Crippen molar-refractivity contribution < 1.29 is 14.7 Å². The summed E-state index contributed by atoms with van der Waals surface area (Å²) in [4.78, 5) is 32.6. The maximum Gasteiger partial charge on any atom is 0.301 e. The van der Waals surface area contributed by atoms with Crippen LogP contribution < -0.4 is 4.90 Å². The number of thiazole rings is 1. The number of amides is 1. The zero-order valence-electron chi connectivity index (χ0n) is 18.0. The van der Waals surface area contributed by atoms with Crippen molar-refractivity contribution in [1.29, 1.82) is 0 Å². The highest BCUT2D eigenvalue weighted by molar-refractivity contribution is 7.22. The number of hydrogen-bond donors (Lipinski definition) is 1. The Morgan fingerprint density at radius 2 is 1.65 bits per heavy atom. The second-order valence-corrected chi connectivity index (χ2v) is 9.76. The molecule has 1 N–H and O–H groups in total. The molecule has 0 spiro atoms. The summed E-state index contributed by atoms with van der Waals surface area (Å²) in [6.07, 6.45) is 0.875. The fourth-order valence-electron chi connectivity index (χ4n) is 4.03. The first-order chi connectivity index (χ1) is 16.4. The Hall–Kier alpha value is -3.19. The van der Waals surface area contributed by atoms with Crippen LogP contribution in [0.1, 0.15) is 29.7 Å². The van der Waals surface area contributed by atoms with Gasteiger partial charge in [-0.1, -0.05) is 59.7 Å². The van der Waals surface area contributed by atoms with Crippen LogP contribution in [0, 0.1) is 0 Å². The fourth-order valence-corrected chi connectivity index (χ4v) is 5.34. The van der Waals surface area contributed by atoms with Gasteiger partial charge in [0.1, 0.15) is 5.76 Å². The van der Waals surface area contributed by atoms with Gasteiger partial charge >= 0.3 is 5.91 Å². The smallest absolute Gasteiger partial charge is 0.301 e. The van der Waals surface area contributed by atoms with Crippen LogP contribution in [0.3, 0.4) is 0 Å². The topological polar surface area (TPSA) is 70.5 Å². The van der Waals surface area contributed by atoms with E-state index in [1.165, 1.54) is 16.2 Å². The first-order valence-corrected chi connectivity index (χ1v) is 12.2. The van der Waals surface area contributed by atoms with Crippen LogP contribution in [0.25, 0.3) is 16.0 Å². The highest BCUT2D eigenvalue weighted by Crippen LogP contribution is 2.44. The third-order valence-corrected chi connectivity index (χ3v) is 7.33. The van der Waals surface area contributed by atoms with Crippen LogP contribution >= 0.6 is 34.5 Å². The Morgan fingerprint density at radius 1 is 1.00 bits per heavy atom. The number of hydrogen-bond acceptors (Lipinski definition) is 5. The Morgan fingerprint density at radius 3 is 2.29 bits per heavy atom. The van der Waals surface area contributed by atoms with Gasteiger partial charge in [0.15, 0.2) is 5.13 Å². The number of carbonyl (C=O) groups is 2. The Bertz CT molecular complexity index is 1460. The van der Waals surface area contributed by atoms with E-state index in [0.29, 0.717) is 26.3 Å². The summed E-state index contributed by atoms with van der Waals surface area (Å²) < 4.78 is 0.920. The number of nitrogens with zero attached hydrogens (tertiary/aromatic N) is 2.